The minimum atomic E-state index is -0.622. The highest BCUT2D eigenvalue weighted by Crippen LogP contribution is 2.86. The molecule has 0 aromatic rings. The van der Waals surface area contributed by atoms with Crippen LogP contribution in [0.3, 0.4) is 0 Å². The average molecular weight is 451 g/mol. The first-order valence-electron chi connectivity index (χ1n) is 13.2. The van der Waals surface area contributed by atoms with Crippen molar-refractivity contribution in [3.63, 3.8) is 0 Å². The number of carbonyl (C=O) groups excluding carboxylic acids is 1. The molecule has 5 aliphatic rings. The molecule has 2 spiro atoms. The van der Waals surface area contributed by atoms with E-state index in [0.29, 0.717) is 11.8 Å². The van der Waals surface area contributed by atoms with E-state index in [2.05, 4.69) is 65.8 Å². The number of hydrogen-bond donors (Lipinski definition) is 1. The van der Waals surface area contributed by atoms with Crippen LogP contribution in [0.25, 0.3) is 0 Å². The molecule has 0 aromatic carbocycles. The molecule has 3 heteroatoms. The molecule has 1 N–H and O–H groups in total. The van der Waals surface area contributed by atoms with Crippen LogP contribution >= 0.6 is 0 Å². The molecule has 8 atom stereocenters. The van der Waals surface area contributed by atoms with Crippen molar-refractivity contribution in [1.82, 2.24) is 0 Å². The first kappa shape index (κ1) is 23.1. The van der Waals surface area contributed by atoms with Crippen molar-refractivity contribution in [3.8, 4) is 0 Å². The molecule has 0 heterocycles. The Labute approximate surface area is 199 Å². The summed E-state index contributed by atoms with van der Waals surface area (Å²) in [6, 6.07) is 0. The number of hydrogen-bond acceptors (Lipinski definition) is 2. The van der Waals surface area contributed by atoms with Crippen molar-refractivity contribution in [2.24, 2.45) is 50.7 Å². The number of aliphatic carboxylic acids is 1. The summed E-state index contributed by atoms with van der Waals surface area (Å²) >= 11 is 0. The zero-order valence-electron chi connectivity index (χ0n) is 21.4. The summed E-state index contributed by atoms with van der Waals surface area (Å²) in [6.45, 7) is 13.3. The second kappa shape index (κ2) is 6.95. The molecule has 0 unspecified atom stereocenters. The van der Waals surface area contributed by atoms with Gasteiger partial charge in [-0.25, -0.2) is 0 Å². The topological polar surface area (TPSA) is 54.4 Å². The summed E-state index contributed by atoms with van der Waals surface area (Å²) in [5.74, 6) is 0.555. The van der Waals surface area contributed by atoms with Crippen molar-refractivity contribution >= 4 is 11.8 Å². The highest BCUT2D eigenvalue weighted by molar-refractivity contribution is 5.96. The predicted molar refractivity (Wildman–Crippen MR) is 131 cm³/mol. The third-order valence-corrected chi connectivity index (χ3v) is 11.7. The Kier molecular flexibility index (Phi) is 4.87. The SMILES string of the molecule is CC(C)=CCC[C@@H](C(=O)O)[C@H]1CC[C@@]2(C)[C@@H]3CC[C@H]4C(C)(C)C(=O)C=C[C@@]45C[C@@]35C=C[C@]12C. The van der Waals surface area contributed by atoms with Gasteiger partial charge in [0.05, 0.1) is 5.92 Å². The van der Waals surface area contributed by atoms with E-state index in [0.717, 1.165) is 44.9 Å². The molecule has 5 rings (SSSR count). The number of carbonyl (C=O) groups is 2. The maximum atomic E-state index is 12.7. The van der Waals surface area contributed by atoms with Gasteiger partial charge in [0.15, 0.2) is 5.78 Å². The molecule has 0 saturated heterocycles. The lowest BCUT2D eigenvalue weighted by Crippen LogP contribution is -2.54. The summed E-state index contributed by atoms with van der Waals surface area (Å²) in [5.41, 5.74) is 1.30. The first-order valence-corrected chi connectivity index (χ1v) is 13.2. The lowest BCUT2D eigenvalue weighted by atomic mass is 9.45. The quantitative estimate of drug-likeness (QED) is 0.459. The third kappa shape index (κ3) is 2.74. The number of fused-ring (bicyclic) bond motifs is 2. The zero-order chi connectivity index (χ0) is 24.0. The molecular formula is C30H42O3. The number of ketones is 1. The number of allylic oxidation sites excluding steroid dienone is 6. The fourth-order valence-corrected chi connectivity index (χ4v) is 9.65. The molecule has 3 nitrogen and oxygen atoms in total. The maximum Gasteiger partial charge on any atom is 0.306 e. The summed E-state index contributed by atoms with van der Waals surface area (Å²) < 4.78 is 0. The minimum Gasteiger partial charge on any atom is -0.481 e. The van der Waals surface area contributed by atoms with E-state index in [1.165, 1.54) is 5.57 Å². The van der Waals surface area contributed by atoms with Crippen LogP contribution in [0, 0.1) is 50.7 Å². The van der Waals surface area contributed by atoms with Gasteiger partial charge in [0.2, 0.25) is 0 Å². The molecule has 180 valence electrons. The largest absolute Gasteiger partial charge is 0.481 e. The van der Waals surface area contributed by atoms with Gasteiger partial charge in [0.25, 0.3) is 0 Å². The van der Waals surface area contributed by atoms with Crippen molar-refractivity contribution in [1.29, 1.82) is 0 Å². The number of rotatable bonds is 5. The molecule has 3 fully saturated rings. The highest BCUT2D eigenvalue weighted by atomic mass is 16.4. The Balaban J connectivity index is 1.51. The van der Waals surface area contributed by atoms with Gasteiger partial charge in [-0.3, -0.25) is 9.59 Å². The monoisotopic (exact) mass is 450 g/mol. The molecule has 3 saturated carbocycles. The molecule has 0 radical (unpaired) electrons. The smallest absolute Gasteiger partial charge is 0.306 e. The molecule has 0 bridgehead atoms. The van der Waals surface area contributed by atoms with E-state index in [1.807, 2.05) is 6.08 Å². The Morgan fingerprint density at radius 1 is 1.06 bits per heavy atom. The molecular weight excluding hydrogens is 408 g/mol. The van der Waals surface area contributed by atoms with E-state index < -0.39 is 5.97 Å². The molecule has 33 heavy (non-hydrogen) atoms. The van der Waals surface area contributed by atoms with Crippen LogP contribution in [0.15, 0.2) is 36.0 Å². The van der Waals surface area contributed by atoms with Crippen molar-refractivity contribution in [2.75, 3.05) is 0 Å². The standard InChI is InChI=1S/C30H42O3/c1-19(2)8-7-9-20(25(32)33)21-12-14-28(6)23-11-10-22-26(3,4)24(31)13-15-29(22)18-30(23,29)17-16-27(21,28)5/h8,13,15-17,20-23H,7,9-12,14,18H2,1-6H3,(H,32,33)/t20-,21-,22+,23+,27-,28+,29-,30+/m1/s1. The van der Waals surface area contributed by atoms with E-state index in [-0.39, 0.29) is 44.7 Å². The van der Waals surface area contributed by atoms with E-state index in [9.17, 15) is 14.7 Å². The predicted octanol–water partition coefficient (Wildman–Crippen LogP) is 6.99. The molecule has 0 aliphatic heterocycles. The maximum absolute atomic E-state index is 12.7. The zero-order valence-corrected chi connectivity index (χ0v) is 21.4. The highest BCUT2D eigenvalue weighted by Gasteiger charge is 2.80. The Morgan fingerprint density at radius 2 is 1.73 bits per heavy atom. The second-order valence-electron chi connectivity index (χ2n) is 13.3. The normalized spacial score (nSPS) is 47.1. The molecule has 0 aromatic heterocycles. The number of carboxylic acid groups (broad SMARTS) is 1. The van der Waals surface area contributed by atoms with Gasteiger partial charge in [0.1, 0.15) is 0 Å². The van der Waals surface area contributed by atoms with E-state index in [1.54, 1.807) is 0 Å². The molecule has 5 aliphatic carbocycles. The van der Waals surface area contributed by atoms with Crippen LogP contribution in [0.4, 0.5) is 0 Å². The van der Waals surface area contributed by atoms with Crippen LogP contribution in [0.2, 0.25) is 0 Å². The van der Waals surface area contributed by atoms with E-state index in [4.69, 9.17) is 0 Å². The van der Waals surface area contributed by atoms with E-state index >= 15 is 0 Å². The van der Waals surface area contributed by atoms with Crippen LogP contribution in [-0.4, -0.2) is 16.9 Å². The third-order valence-electron chi connectivity index (χ3n) is 11.7. The van der Waals surface area contributed by atoms with Crippen LogP contribution in [0.1, 0.15) is 86.5 Å². The summed E-state index contributed by atoms with van der Waals surface area (Å²) in [5, 5.41) is 10.2. The Bertz CT molecular complexity index is 981. The van der Waals surface area contributed by atoms with Crippen molar-refractivity contribution < 1.29 is 14.7 Å². The lowest BCUT2D eigenvalue weighted by Gasteiger charge is -2.59. The fourth-order valence-electron chi connectivity index (χ4n) is 9.65. The van der Waals surface area contributed by atoms with Gasteiger partial charge in [-0.1, -0.05) is 57.6 Å². The molecule has 0 amide bonds. The summed E-state index contributed by atoms with van der Waals surface area (Å²) in [6.07, 6.45) is 18.5. The van der Waals surface area contributed by atoms with Crippen molar-refractivity contribution in [2.45, 2.75) is 86.5 Å². The van der Waals surface area contributed by atoms with Gasteiger partial charge in [-0.15, -0.1) is 0 Å². The lowest BCUT2D eigenvalue weighted by molar-refractivity contribution is -0.146. The first-order chi connectivity index (χ1) is 15.4. The van der Waals surface area contributed by atoms with Crippen molar-refractivity contribution in [3.05, 3.63) is 36.0 Å². The summed E-state index contributed by atoms with van der Waals surface area (Å²) in [7, 11) is 0. The Morgan fingerprint density at radius 3 is 2.39 bits per heavy atom. The Hall–Kier alpha value is -1.64. The van der Waals surface area contributed by atoms with Gasteiger partial charge in [-0.05, 0) is 93.5 Å². The summed E-state index contributed by atoms with van der Waals surface area (Å²) in [4.78, 5) is 25.2. The van der Waals surface area contributed by atoms with Crippen LogP contribution in [0.5, 0.6) is 0 Å². The second-order valence-corrected chi connectivity index (χ2v) is 13.3. The van der Waals surface area contributed by atoms with Gasteiger partial charge < -0.3 is 5.11 Å². The fraction of sp³-hybridized carbons (Fsp3) is 0.733. The minimum absolute atomic E-state index is 0.0860. The van der Waals surface area contributed by atoms with Gasteiger partial charge in [0, 0.05) is 16.2 Å². The number of carboxylic acids is 1. The van der Waals surface area contributed by atoms with Gasteiger partial charge >= 0.3 is 5.97 Å². The van der Waals surface area contributed by atoms with Crippen LogP contribution in [-0.2, 0) is 9.59 Å². The average Bonchev–Trinajstić information content (AvgIpc) is 3.32. The van der Waals surface area contributed by atoms with Gasteiger partial charge in [-0.2, -0.15) is 0 Å². The van der Waals surface area contributed by atoms with Crippen LogP contribution < -0.4 is 0 Å².